The van der Waals surface area contributed by atoms with Crippen LogP contribution in [0.4, 0.5) is 0 Å². The minimum absolute atomic E-state index is 0.00858. The standard InChI is InChI=1S/C40H40N2O7/c1-21(43)48-20-30-27-8-9-28-36-25(14-26(44)16-34(36)47-3)19-40-12-11-22(18-40)13-24-7-10-35(41)42-31(24)6-4-5-23-15-32(45)33(46-2)17-29(23)38(30)49-39(27)37(28)40/h7-10,14-17,22,30,35,38,42,44-45H,5,11-13,18-20,41H2,1-3H3. The van der Waals surface area contributed by atoms with Crippen LogP contribution in [0.2, 0.25) is 0 Å². The van der Waals surface area contributed by atoms with Gasteiger partial charge >= 0.3 is 5.97 Å². The zero-order valence-corrected chi connectivity index (χ0v) is 27.9. The molecule has 4 bridgehead atoms. The molecule has 3 aromatic rings. The molecule has 9 heteroatoms. The number of aromatic hydroxyl groups is 2. The second-order valence-electron chi connectivity index (χ2n) is 13.9. The Balaban J connectivity index is 1.39. The number of allylic oxidation sites excluding steroid dienone is 3. The number of fused-ring (bicyclic) bond motifs is 6. The van der Waals surface area contributed by atoms with Crippen LogP contribution in [0.25, 0.3) is 11.1 Å². The average Bonchev–Trinajstić information content (AvgIpc) is 3.64. The Morgan fingerprint density at radius 1 is 1.10 bits per heavy atom. The number of ether oxygens (including phenoxy) is 4. The monoisotopic (exact) mass is 660 g/mol. The summed E-state index contributed by atoms with van der Waals surface area (Å²) in [5.41, 5.74) is 14.7. The molecule has 0 amide bonds. The van der Waals surface area contributed by atoms with E-state index in [-0.39, 0.29) is 41.6 Å². The Hall–Kier alpha value is -5.07. The lowest BCUT2D eigenvalue weighted by Gasteiger charge is -2.39. The summed E-state index contributed by atoms with van der Waals surface area (Å²) in [6.45, 7) is 1.53. The Morgan fingerprint density at radius 3 is 2.73 bits per heavy atom. The fourth-order valence-corrected chi connectivity index (χ4v) is 8.95. The lowest BCUT2D eigenvalue weighted by molar-refractivity contribution is -0.141. The molecule has 0 aromatic heterocycles. The summed E-state index contributed by atoms with van der Waals surface area (Å²) < 4.78 is 24.3. The van der Waals surface area contributed by atoms with Crippen molar-refractivity contribution >= 4 is 5.97 Å². The molecule has 5 atom stereocenters. The van der Waals surface area contributed by atoms with Crippen LogP contribution >= 0.6 is 0 Å². The molecule has 9 nitrogen and oxygen atoms in total. The zero-order valence-electron chi connectivity index (χ0n) is 27.9. The van der Waals surface area contributed by atoms with E-state index < -0.39 is 6.10 Å². The first-order chi connectivity index (χ1) is 23.7. The molecule has 49 heavy (non-hydrogen) atoms. The van der Waals surface area contributed by atoms with Gasteiger partial charge in [0.2, 0.25) is 0 Å². The van der Waals surface area contributed by atoms with E-state index in [9.17, 15) is 15.0 Å². The predicted octanol–water partition coefficient (Wildman–Crippen LogP) is 5.80. The van der Waals surface area contributed by atoms with Crippen LogP contribution in [-0.4, -0.2) is 43.2 Å². The van der Waals surface area contributed by atoms with Gasteiger partial charge in [-0.05, 0) is 90.5 Å². The van der Waals surface area contributed by atoms with Crippen molar-refractivity contribution in [3.8, 4) is 51.7 Å². The van der Waals surface area contributed by atoms with Crippen LogP contribution in [0.1, 0.15) is 72.4 Å². The number of carbonyl (C=O) groups excluding carboxylic acids is 1. The van der Waals surface area contributed by atoms with Crippen molar-refractivity contribution < 1.29 is 34.0 Å². The van der Waals surface area contributed by atoms with Gasteiger partial charge < -0.3 is 40.2 Å². The molecule has 5 unspecified atom stereocenters. The van der Waals surface area contributed by atoms with Crippen molar-refractivity contribution in [3.63, 3.8) is 0 Å². The molecule has 3 heterocycles. The SMILES string of the molecule is COc1cc2c(cc1O)CC#CC1=C(C=CC(N)N1)CC1CCC3(Cc4cc(O)cc(OC)c4-c4ccc5c(c43)OC2C5COC(C)=O)C1. The van der Waals surface area contributed by atoms with Crippen molar-refractivity contribution in [2.24, 2.45) is 11.7 Å². The number of carbonyl (C=O) groups is 1. The van der Waals surface area contributed by atoms with Crippen molar-refractivity contribution in [2.75, 3.05) is 20.8 Å². The molecule has 1 saturated carbocycles. The number of phenolic OH excluding ortho intramolecular Hbond substituents is 2. The number of hydrogen-bond acceptors (Lipinski definition) is 9. The first-order valence-corrected chi connectivity index (χ1v) is 16.9. The van der Waals surface area contributed by atoms with Crippen molar-refractivity contribution in [1.82, 2.24) is 5.32 Å². The van der Waals surface area contributed by atoms with Gasteiger partial charge in [0.05, 0.1) is 32.0 Å². The summed E-state index contributed by atoms with van der Waals surface area (Å²) in [7, 11) is 3.15. The van der Waals surface area contributed by atoms with Gasteiger partial charge in [-0.25, -0.2) is 0 Å². The third kappa shape index (κ3) is 5.17. The molecule has 0 radical (unpaired) electrons. The smallest absolute Gasteiger partial charge is 0.302 e. The largest absolute Gasteiger partial charge is 0.508 e. The van der Waals surface area contributed by atoms with Gasteiger partial charge in [0.25, 0.3) is 0 Å². The number of rotatable bonds is 4. The third-order valence-electron chi connectivity index (χ3n) is 11.0. The van der Waals surface area contributed by atoms with E-state index in [1.807, 2.05) is 18.2 Å². The molecule has 5 N–H and O–H groups in total. The van der Waals surface area contributed by atoms with Crippen molar-refractivity contribution in [2.45, 2.75) is 69.1 Å². The fraction of sp³-hybridized carbons (Fsp3) is 0.375. The maximum Gasteiger partial charge on any atom is 0.302 e. The predicted molar refractivity (Wildman–Crippen MR) is 184 cm³/mol. The number of hydrogen-bond donors (Lipinski definition) is 4. The van der Waals surface area contributed by atoms with Crippen molar-refractivity contribution in [3.05, 3.63) is 87.6 Å². The Morgan fingerprint density at radius 2 is 1.94 bits per heavy atom. The van der Waals surface area contributed by atoms with E-state index in [2.05, 4.69) is 35.4 Å². The van der Waals surface area contributed by atoms with Crippen LogP contribution in [-0.2, 0) is 27.8 Å². The fourth-order valence-electron chi connectivity index (χ4n) is 8.95. The number of esters is 1. The summed E-state index contributed by atoms with van der Waals surface area (Å²) in [6.07, 6.45) is 7.97. The molecule has 252 valence electrons. The van der Waals surface area contributed by atoms with E-state index in [0.717, 1.165) is 88.1 Å². The molecule has 1 fully saturated rings. The van der Waals surface area contributed by atoms with Crippen molar-refractivity contribution in [1.29, 1.82) is 0 Å². The maximum absolute atomic E-state index is 12.2. The molecular formula is C40H40N2O7. The number of phenols is 2. The third-order valence-corrected chi connectivity index (χ3v) is 11.0. The summed E-state index contributed by atoms with van der Waals surface area (Å²) in [4.78, 5) is 12.2. The number of nitrogens with one attached hydrogen (secondary N) is 1. The van der Waals surface area contributed by atoms with E-state index in [4.69, 9.17) is 24.7 Å². The van der Waals surface area contributed by atoms with Gasteiger partial charge in [-0.15, -0.1) is 0 Å². The lowest BCUT2D eigenvalue weighted by Crippen LogP contribution is -2.37. The molecule has 5 aliphatic rings. The van der Waals surface area contributed by atoms with E-state index in [0.29, 0.717) is 23.8 Å². The molecule has 1 spiro atoms. The minimum Gasteiger partial charge on any atom is -0.508 e. The highest BCUT2D eigenvalue weighted by molar-refractivity contribution is 5.84. The topological polar surface area (TPSA) is 133 Å². The number of dihydropyridines is 1. The average molecular weight is 661 g/mol. The first kappa shape index (κ1) is 31.2. The number of nitrogens with two attached hydrogens (primary N) is 1. The van der Waals surface area contributed by atoms with Gasteiger partial charge in [0, 0.05) is 47.1 Å². The van der Waals surface area contributed by atoms with Crippen LogP contribution < -0.4 is 25.3 Å². The van der Waals surface area contributed by atoms with Gasteiger partial charge in [-0.3, -0.25) is 4.79 Å². The van der Waals surface area contributed by atoms with E-state index in [1.54, 1.807) is 19.2 Å². The Bertz CT molecular complexity index is 2020. The Labute approximate surface area is 285 Å². The maximum atomic E-state index is 12.2. The Kier molecular flexibility index (Phi) is 7.53. The van der Waals surface area contributed by atoms with E-state index >= 15 is 0 Å². The van der Waals surface area contributed by atoms with Crippen LogP contribution in [0.15, 0.2) is 59.8 Å². The highest BCUT2D eigenvalue weighted by Crippen LogP contribution is 2.62. The van der Waals surface area contributed by atoms with E-state index in [1.165, 1.54) is 14.0 Å². The molecule has 3 aliphatic heterocycles. The normalized spacial score (nSPS) is 25.6. The minimum atomic E-state index is -0.548. The summed E-state index contributed by atoms with van der Waals surface area (Å²) >= 11 is 0. The quantitative estimate of drug-likeness (QED) is 0.202. The highest BCUT2D eigenvalue weighted by atomic mass is 16.5. The highest BCUT2D eigenvalue weighted by Gasteiger charge is 2.51. The molecule has 0 saturated heterocycles. The summed E-state index contributed by atoms with van der Waals surface area (Å²) in [5.74, 6) is 8.32. The zero-order chi connectivity index (χ0) is 34.0. The van der Waals surface area contributed by atoms with Gasteiger partial charge in [0.15, 0.2) is 11.5 Å². The van der Waals surface area contributed by atoms with Gasteiger partial charge in [0.1, 0.15) is 30.0 Å². The molecular weight excluding hydrogens is 620 g/mol. The molecule has 8 rings (SSSR count). The first-order valence-electron chi connectivity index (χ1n) is 16.9. The lowest BCUT2D eigenvalue weighted by atomic mass is 9.65. The molecule has 2 aliphatic carbocycles. The van der Waals surface area contributed by atoms with Crippen LogP contribution in [0, 0.1) is 17.8 Å². The van der Waals surface area contributed by atoms with Crippen LogP contribution in [0.5, 0.6) is 28.7 Å². The van der Waals surface area contributed by atoms with Gasteiger partial charge in [-0.1, -0.05) is 24.1 Å². The summed E-state index contributed by atoms with van der Waals surface area (Å²) in [6, 6.07) is 11.3. The summed E-state index contributed by atoms with van der Waals surface area (Å²) in [5, 5.41) is 25.0. The number of benzene rings is 3. The second kappa shape index (κ2) is 11.8. The number of methoxy groups -OCH3 is 2. The molecule has 3 aromatic carbocycles. The van der Waals surface area contributed by atoms with Crippen LogP contribution in [0.3, 0.4) is 0 Å². The van der Waals surface area contributed by atoms with Gasteiger partial charge in [-0.2, -0.15) is 0 Å². The second-order valence-corrected chi connectivity index (χ2v) is 13.9.